The van der Waals surface area contributed by atoms with Gasteiger partial charge in [-0.15, -0.1) is 11.8 Å². The fourth-order valence-electron chi connectivity index (χ4n) is 2.18. The number of imidazole rings is 1. The third kappa shape index (κ3) is 2.34. The highest BCUT2D eigenvalue weighted by Crippen LogP contribution is 2.28. The summed E-state index contributed by atoms with van der Waals surface area (Å²) in [6.45, 7) is 2.07. The summed E-state index contributed by atoms with van der Waals surface area (Å²) in [4.78, 5) is 20.8. The van der Waals surface area contributed by atoms with Crippen molar-refractivity contribution in [3.8, 4) is 0 Å². The van der Waals surface area contributed by atoms with E-state index in [0.29, 0.717) is 22.2 Å². The Hall–Kier alpha value is -1.79. The maximum atomic E-state index is 12.0. The van der Waals surface area contributed by atoms with E-state index in [1.807, 2.05) is 16.7 Å². The van der Waals surface area contributed by atoms with Crippen LogP contribution in [0, 0.1) is 0 Å². The number of carbonyl (C=O) groups is 1. The topological polar surface area (TPSA) is 56.5 Å². The molecule has 2 heterocycles. The van der Waals surface area contributed by atoms with Gasteiger partial charge in [-0.3, -0.25) is 4.40 Å². The smallest absolute Gasteiger partial charge is 0.359 e. The maximum Gasteiger partial charge on any atom is 0.359 e. The van der Waals surface area contributed by atoms with Gasteiger partial charge < -0.3 is 4.74 Å². The van der Waals surface area contributed by atoms with Gasteiger partial charge in [0, 0.05) is 5.02 Å². The Morgan fingerprint density at radius 3 is 3.00 bits per heavy atom. The molecule has 0 spiro atoms. The van der Waals surface area contributed by atoms with Gasteiger partial charge in [-0.2, -0.15) is 0 Å². The van der Waals surface area contributed by atoms with Crippen molar-refractivity contribution in [1.29, 1.82) is 0 Å². The zero-order valence-corrected chi connectivity index (χ0v) is 13.0. The summed E-state index contributed by atoms with van der Waals surface area (Å²) in [6, 6.07) is 5.44. The highest BCUT2D eigenvalue weighted by Gasteiger charge is 2.20. The second kappa shape index (κ2) is 5.54. The number of ether oxygens (including phenoxy) is 1. The van der Waals surface area contributed by atoms with Crippen molar-refractivity contribution < 1.29 is 9.53 Å². The fourth-order valence-corrected chi connectivity index (χ4v) is 2.92. The van der Waals surface area contributed by atoms with E-state index >= 15 is 0 Å². The number of rotatable bonds is 3. The van der Waals surface area contributed by atoms with Gasteiger partial charge in [-0.05, 0) is 31.4 Å². The second-order valence-corrected chi connectivity index (χ2v) is 5.52. The molecular formula is C14H12ClN3O2S. The van der Waals surface area contributed by atoms with Crippen LogP contribution >= 0.6 is 23.4 Å². The van der Waals surface area contributed by atoms with Gasteiger partial charge >= 0.3 is 5.97 Å². The summed E-state index contributed by atoms with van der Waals surface area (Å²) in [5, 5.41) is 1.33. The van der Waals surface area contributed by atoms with Crippen LogP contribution in [0.1, 0.15) is 17.4 Å². The Kier molecular flexibility index (Phi) is 3.73. The van der Waals surface area contributed by atoms with Gasteiger partial charge in [0.2, 0.25) is 0 Å². The Bertz CT molecular complexity index is 847. The molecule has 5 nitrogen and oxygen atoms in total. The Balaban J connectivity index is 2.35. The molecule has 2 aromatic heterocycles. The number of aromatic nitrogens is 3. The highest BCUT2D eigenvalue weighted by atomic mass is 35.5. The lowest BCUT2D eigenvalue weighted by molar-refractivity contribution is 0.0522. The van der Waals surface area contributed by atoms with Gasteiger partial charge in [0.1, 0.15) is 16.9 Å². The maximum absolute atomic E-state index is 12.0. The summed E-state index contributed by atoms with van der Waals surface area (Å²) in [5.74, 6) is -0.439. The van der Waals surface area contributed by atoms with E-state index in [1.165, 1.54) is 11.8 Å². The van der Waals surface area contributed by atoms with Crippen LogP contribution in [0.3, 0.4) is 0 Å². The van der Waals surface area contributed by atoms with Crippen molar-refractivity contribution in [3.63, 3.8) is 0 Å². The first kappa shape index (κ1) is 14.2. The molecule has 0 amide bonds. The fraction of sp³-hybridized carbons (Fsp3) is 0.214. The molecule has 21 heavy (non-hydrogen) atoms. The number of nitrogens with zero attached hydrogens (tertiary/aromatic N) is 3. The van der Waals surface area contributed by atoms with Gasteiger partial charge in [0.05, 0.1) is 17.6 Å². The predicted octanol–water partition coefficient (Wildman–Crippen LogP) is 3.43. The third-order valence-corrected chi connectivity index (χ3v) is 3.96. The Morgan fingerprint density at radius 2 is 2.29 bits per heavy atom. The van der Waals surface area contributed by atoms with Crippen molar-refractivity contribution >= 4 is 45.9 Å². The lowest BCUT2D eigenvalue weighted by Gasteiger charge is -2.07. The Morgan fingerprint density at radius 1 is 1.48 bits per heavy atom. The van der Waals surface area contributed by atoms with E-state index in [-0.39, 0.29) is 5.69 Å². The molecule has 3 aromatic rings. The molecule has 0 fully saturated rings. The number of hydrogen-bond acceptors (Lipinski definition) is 5. The molecule has 0 bridgehead atoms. The molecule has 0 aliphatic rings. The second-order valence-electron chi connectivity index (χ2n) is 4.29. The SMILES string of the molecule is CCOC(=O)c1ncn2c1c(SC)nc1cc(Cl)ccc12. The minimum absolute atomic E-state index is 0.283. The Labute approximate surface area is 130 Å². The quantitative estimate of drug-likeness (QED) is 0.546. The van der Waals surface area contributed by atoms with Crippen LogP contribution in [-0.2, 0) is 4.74 Å². The highest BCUT2D eigenvalue weighted by molar-refractivity contribution is 7.98. The van der Waals surface area contributed by atoms with E-state index < -0.39 is 5.97 Å². The molecule has 0 radical (unpaired) electrons. The van der Waals surface area contributed by atoms with Crippen molar-refractivity contribution in [1.82, 2.24) is 14.4 Å². The number of halogens is 1. The number of fused-ring (bicyclic) bond motifs is 3. The van der Waals surface area contributed by atoms with Gasteiger partial charge in [-0.1, -0.05) is 11.6 Å². The summed E-state index contributed by atoms with van der Waals surface area (Å²) in [5.41, 5.74) is 2.55. The summed E-state index contributed by atoms with van der Waals surface area (Å²) in [6.07, 6.45) is 3.51. The van der Waals surface area contributed by atoms with E-state index in [1.54, 1.807) is 25.4 Å². The van der Waals surface area contributed by atoms with Gasteiger partial charge in [0.15, 0.2) is 5.69 Å². The predicted molar refractivity (Wildman–Crippen MR) is 83.2 cm³/mol. The average molecular weight is 322 g/mol. The summed E-state index contributed by atoms with van der Waals surface area (Å²) in [7, 11) is 0. The summed E-state index contributed by atoms with van der Waals surface area (Å²) < 4.78 is 6.90. The lowest BCUT2D eigenvalue weighted by Crippen LogP contribution is -2.06. The molecule has 7 heteroatoms. The van der Waals surface area contributed by atoms with Crippen molar-refractivity contribution in [2.75, 3.05) is 12.9 Å². The van der Waals surface area contributed by atoms with Crippen LogP contribution in [0.5, 0.6) is 0 Å². The van der Waals surface area contributed by atoms with E-state index in [2.05, 4.69) is 9.97 Å². The largest absolute Gasteiger partial charge is 0.461 e. The third-order valence-electron chi connectivity index (χ3n) is 3.05. The molecule has 0 aliphatic carbocycles. The van der Waals surface area contributed by atoms with E-state index in [4.69, 9.17) is 16.3 Å². The van der Waals surface area contributed by atoms with Gasteiger partial charge in [-0.25, -0.2) is 14.8 Å². The molecule has 3 rings (SSSR count). The first-order valence-electron chi connectivity index (χ1n) is 6.33. The van der Waals surface area contributed by atoms with Gasteiger partial charge in [0.25, 0.3) is 0 Å². The number of hydrogen-bond donors (Lipinski definition) is 0. The van der Waals surface area contributed by atoms with Crippen molar-refractivity contribution in [2.45, 2.75) is 11.9 Å². The molecule has 0 unspecified atom stereocenters. The van der Waals surface area contributed by atoms with Crippen LogP contribution < -0.4 is 0 Å². The number of esters is 1. The standard InChI is InChI=1S/C14H12ClN3O2S/c1-3-20-14(19)11-12-13(21-2)17-9-6-8(15)4-5-10(9)18(12)7-16-11/h4-7H,3H2,1-2H3. The van der Waals surface area contributed by atoms with Crippen LogP contribution in [-0.4, -0.2) is 33.2 Å². The normalized spacial score (nSPS) is 11.2. The molecule has 0 saturated heterocycles. The van der Waals surface area contributed by atoms with Crippen LogP contribution in [0.4, 0.5) is 0 Å². The molecule has 0 saturated carbocycles. The van der Waals surface area contributed by atoms with Crippen molar-refractivity contribution in [3.05, 3.63) is 35.2 Å². The molecular weight excluding hydrogens is 310 g/mol. The molecule has 1 aromatic carbocycles. The molecule has 108 valence electrons. The van der Waals surface area contributed by atoms with Crippen molar-refractivity contribution in [2.24, 2.45) is 0 Å². The van der Waals surface area contributed by atoms with E-state index in [0.717, 1.165) is 11.0 Å². The molecule has 0 N–H and O–H groups in total. The van der Waals surface area contributed by atoms with E-state index in [9.17, 15) is 4.79 Å². The monoisotopic (exact) mass is 321 g/mol. The van der Waals surface area contributed by atoms with Crippen LogP contribution in [0.25, 0.3) is 16.6 Å². The molecule has 0 aliphatic heterocycles. The van der Waals surface area contributed by atoms with Crippen LogP contribution in [0.2, 0.25) is 5.02 Å². The zero-order chi connectivity index (χ0) is 15.0. The minimum Gasteiger partial charge on any atom is -0.461 e. The minimum atomic E-state index is -0.439. The van der Waals surface area contributed by atoms with Crippen LogP contribution in [0.15, 0.2) is 29.6 Å². The average Bonchev–Trinajstić information content (AvgIpc) is 2.91. The zero-order valence-electron chi connectivity index (χ0n) is 11.5. The molecule has 0 atom stereocenters. The summed E-state index contributed by atoms with van der Waals surface area (Å²) >= 11 is 7.47. The first-order chi connectivity index (χ1) is 10.2. The lowest BCUT2D eigenvalue weighted by atomic mass is 10.3. The number of carbonyl (C=O) groups excluding carboxylic acids is 1. The number of thioether (sulfide) groups is 1. The number of benzene rings is 1. The first-order valence-corrected chi connectivity index (χ1v) is 7.93.